The highest BCUT2D eigenvalue weighted by molar-refractivity contribution is 6.77. The molecule has 0 aromatic rings. The molecule has 0 radical (unpaired) electrons. The third-order valence-electron chi connectivity index (χ3n) is 7.18. The minimum atomic E-state index is -2.06. The van der Waals surface area contributed by atoms with Gasteiger partial charge in [-0.2, -0.15) is 5.06 Å². The molecule has 0 unspecified atom stereocenters. The molecule has 0 N–H and O–H groups in total. The van der Waals surface area contributed by atoms with Crippen LogP contribution in [0.25, 0.3) is 0 Å². The normalized spacial score (nSPS) is 37.2. The first kappa shape index (κ1) is 20.6. The molecule has 2 aliphatic heterocycles. The SMILES string of the molecule is COC(=O)[C@]12CC[C@@]1(Cl)ON1CC[C@H](O[Si](C(C)C)(C(C)C)C(C)C)[C@H]12. The number of halogens is 1. The first-order valence-corrected chi connectivity index (χ1v) is 12.5. The van der Waals surface area contributed by atoms with E-state index in [1.54, 1.807) is 0 Å². The number of hydroxylamine groups is 2. The lowest BCUT2D eigenvalue weighted by molar-refractivity contribution is -0.199. The van der Waals surface area contributed by atoms with E-state index in [1.165, 1.54) is 7.11 Å². The summed E-state index contributed by atoms with van der Waals surface area (Å²) in [6.07, 6.45) is 2.21. The zero-order chi connectivity index (χ0) is 19.5. The first-order chi connectivity index (χ1) is 12.1. The smallest absolute Gasteiger partial charge is 0.317 e. The molecule has 3 aliphatic rings. The van der Waals surface area contributed by atoms with Gasteiger partial charge in [0, 0.05) is 6.54 Å². The zero-order valence-corrected chi connectivity index (χ0v) is 18.9. The van der Waals surface area contributed by atoms with E-state index < -0.39 is 18.8 Å². The molecule has 0 bridgehead atoms. The Hall–Kier alpha value is -0.143. The van der Waals surface area contributed by atoms with Crippen molar-refractivity contribution < 1.29 is 18.8 Å². The molecule has 7 heteroatoms. The van der Waals surface area contributed by atoms with Crippen molar-refractivity contribution in [3.63, 3.8) is 0 Å². The van der Waals surface area contributed by atoms with Gasteiger partial charge < -0.3 is 9.16 Å². The molecule has 4 atom stereocenters. The average Bonchev–Trinajstić information content (AvgIpc) is 2.99. The summed E-state index contributed by atoms with van der Waals surface area (Å²) in [6.45, 7) is 14.5. The Morgan fingerprint density at radius 1 is 1.15 bits per heavy atom. The van der Waals surface area contributed by atoms with Gasteiger partial charge in [-0.25, -0.2) is 0 Å². The van der Waals surface area contributed by atoms with Crippen molar-refractivity contribution in [1.82, 2.24) is 5.06 Å². The van der Waals surface area contributed by atoms with Gasteiger partial charge in [-0.1, -0.05) is 53.1 Å². The molecular formula is C19H34ClNO4Si. The molecule has 5 nitrogen and oxygen atoms in total. The molecule has 150 valence electrons. The molecule has 3 fully saturated rings. The number of rotatable bonds is 6. The van der Waals surface area contributed by atoms with Crippen LogP contribution < -0.4 is 0 Å². The summed E-state index contributed by atoms with van der Waals surface area (Å²) in [5.41, 5.74) is 0.676. The van der Waals surface area contributed by atoms with Crippen LogP contribution >= 0.6 is 11.6 Å². The van der Waals surface area contributed by atoms with E-state index in [9.17, 15) is 4.79 Å². The fourth-order valence-electron chi connectivity index (χ4n) is 6.03. The average molecular weight is 404 g/mol. The van der Waals surface area contributed by atoms with Crippen molar-refractivity contribution in [2.45, 2.75) is 94.6 Å². The largest absolute Gasteiger partial charge is 0.468 e. The number of carbonyl (C=O) groups excluding carboxylic acids is 1. The van der Waals surface area contributed by atoms with Gasteiger partial charge in [0.25, 0.3) is 0 Å². The number of carbonyl (C=O) groups is 1. The van der Waals surface area contributed by atoms with Gasteiger partial charge in [-0.3, -0.25) is 9.63 Å². The summed E-state index contributed by atoms with van der Waals surface area (Å²) in [7, 11) is -0.620. The Kier molecular flexibility index (Phi) is 5.33. The summed E-state index contributed by atoms with van der Waals surface area (Å²) >= 11 is 6.75. The highest BCUT2D eigenvalue weighted by Gasteiger charge is 2.78. The van der Waals surface area contributed by atoms with Crippen LogP contribution in [-0.2, 0) is 18.8 Å². The van der Waals surface area contributed by atoms with E-state index in [-0.39, 0.29) is 18.1 Å². The molecule has 2 saturated heterocycles. The number of fused-ring (bicyclic) bond motifs is 3. The van der Waals surface area contributed by atoms with Crippen molar-refractivity contribution in [1.29, 1.82) is 0 Å². The van der Waals surface area contributed by atoms with E-state index in [4.69, 9.17) is 25.6 Å². The fraction of sp³-hybridized carbons (Fsp3) is 0.947. The van der Waals surface area contributed by atoms with E-state index in [0.29, 0.717) is 29.5 Å². The fourth-order valence-corrected chi connectivity index (χ4v) is 12.1. The summed E-state index contributed by atoms with van der Waals surface area (Å²) < 4.78 is 12.2. The molecule has 0 amide bonds. The van der Waals surface area contributed by atoms with E-state index in [0.717, 1.165) is 13.0 Å². The van der Waals surface area contributed by atoms with Gasteiger partial charge in [-0.05, 0) is 35.9 Å². The summed E-state index contributed by atoms with van der Waals surface area (Å²) in [6, 6.07) is -0.149. The molecule has 1 saturated carbocycles. The summed E-state index contributed by atoms with van der Waals surface area (Å²) in [5, 5.41) is 0.951. The highest BCUT2D eigenvalue weighted by Crippen LogP contribution is 2.66. The number of hydrogen-bond acceptors (Lipinski definition) is 5. The van der Waals surface area contributed by atoms with Crippen LogP contribution in [0.1, 0.15) is 60.8 Å². The number of esters is 1. The predicted octanol–water partition coefficient (Wildman–Crippen LogP) is 4.45. The molecule has 3 rings (SSSR count). The minimum Gasteiger partial charge on any atom is -0.468 e. The Labute approximate surface area is 163 Å². The lowest BCUT2D eigenvalue weighted by Crippen LogP contribution is -2.64. The highest BCUT2D eigenvalue weighted by atomic mass is 35.5. The third kappa shape index (κ3) is 2.48. The quantitative estimate of drug-likeness (QED) is 0.372. The Morgan fingerprint density at radius 3 is 2.15 bits per heavy atom. The van der Waals surface area contributed by atoms with Crippen LogP contribution in [0.3, 0.4) is 0 Å². The third-order valence-corrected chi connectivity index (χ3v) is 13.9. The lowest BCUT2D eigenvalue weighted by Gasteiger charge is -2.51. The van der Waals surface area contributed by atoms with Gasteiger partial charge in [0.05, 0.1) is 19.3 Å². The van der Waals surface area contributed by atoms with Crippen molar-refractivity contribution >= 4 is 25.9 Å². The molecule has 0 aromatic heterocycles. The van der Waals surface area contributed by atoms with Crippen LogP contribution in [-0.4, -0.2) is 50.2 Å². The van der Waals surface area contributed by atoms with Crippen LogP contribution in [0.5, 0.6) is 0 Å². The second-order valence-corrected chi connectivity index (χ2v) is 15.1. The number of ether oxygens (including phenoxy) is 1. The lowest BCUT2D eigenvalue weighted by atomic mass is 9.61. The maximum absolute atomic E-state index is 12.8. The topological polar surface area (TPSA) is 48.0 Å². The van der Waals surface area contributed by atoms with Crippen molar-refractivity contribution in [3.05, 3.63) is 0 Å². The van der Waals surface area contributed by atoms with Gasteiger partial charge in [-0.15, -0.1) is 0 Å². The summed E-state index contributed by atoms with van der Waals surface area (Å²) in [4.78, 5) is 18.9. The standard InChI is InChI=1S/C19H34ClNO4Si/c1-12(2)26(13(3)4,14(5)6)24-15-8-11-21-16(15)18(17(22)23-7)9-10-19(18,20)25-21/h12-16H,8-11H2,1-7H3/t15-,16-,18+,19+/m0/s1. The second-order valence-electron chi connectivity index (χ2n) is 9.13. The van der Waals surface area contributed by atoms with Crippen LogP contribution in [0, 0.1) is 5.41 Å². The van der Waals surface area contributed by atoms with Crippen LogP contribution in [0.2, 0.25) is 16.6 Å². The number of hydrogen-bond donors (Lipinski definition) is 0. The number of methoxy groups -OCH3 is 1. The molecular weight excluding hydrogens is 370 g/mol. The van der Waals surface area contributed by atoms with Gasteiger partial charge in [0.15, 0.2) is 5.06 Å². The molecule has 2 heterocycles. The molecule has 0 spiro atoms. The summed E-state index contributed by atoms with van der Waals surface area (Å²) in [5.74, 6) is -0.257. The molecule has 26 heavy (non-hydrogen) atoms. The van der Waals surface area contributed by atoms with E-state index >= 15 is 0 Å². The van der Waals surface area contributed by atoms with Crippen molar-refractivity contribution in [2.75, 3.05) is 13.7 Å². The van der Waals surface area contributed by atoms with Crippen molar-refractivity contribution in [2.24, 2.45) is 5.41 Å². The number of alkyl halides is 1. The molecule has 0 aromatic carbocycles. The maximum atomic E-state index is 12.8. The minimum absolute atomic E-state index is 0.0334. The van der Waals surface area contributed by atoms with Crippen LogP contribution in [0.4, 0.5) is 0 Å². The predicted molar refractivity (Wildman–Crippen MR) is 104 cm³/mol. The Bertz CT molecular complexity index is 550. The van der Waals surface area contributed by atoms with Gasteiger partial charge >= 0.3 is 5.97 Å². The number of nitrogens with zero attached hydrogens (tertiary/aromatic N) is 1. The van der Waals surface area contributed by atoms with Crippen LogP contribution in [0.15, 0.2) is 0 Å². The van der Waals surface area contributed by atoms with Crippen molar-refractivity contribution in [3.8, 4) is 0 Å². The van der Waals surface area contributed by atoms with Gasteiger partial charge in [0.1, 0.15) is 5.41 Å². The second kappa shape index (κ2) is 6.73. The monoisotopic (exact) mass is 403 g/mol. The maximum Gasteiger partial charge on any atom is 0.317 e. The van der Waals surface area contributed by atoms with Gasteiger partial charge in [0.2, 0.25) is 8.32 Å². The first-order valence-electron chi connectivity index (χ1n) is 9.97. The Morgan fingerprint density at radius 2 is 1.73 bits per heavy atom. The van der Waals surface area contributed by atoms with E-state index in [2.05, 4.69) is 41.5 Å². The molecule has 1 aliphatic carbocycles. The van der Waals surface area contributed by atoms with E-state index in [1.807, 2.05) is 5.06 Å². The zero-order valence-electron chi connectivity index (χ0n) is 17.2. The Balaban J connectivity index is 1.96.